The van der Waals surface area contributed by atoms with Crippen LogP contribution in [0.5, 0.6) is 0 Å². The average Bonchev–Trinajstić information content (AvgIpc) is 3.25. The van der Waals surface area contributed by atoms with Crippen molar-refractivity contribution in [3.63, 3.8) is 0 Å². The van der Waals surface area contributed by atoms with Gasteiger partial charge in [0.05, 0.1) is 0 Å². The van der Waals surface area contributed by atoms with Crippen LogP contribution in [-0.4, -0.2) is 0 Å². The number of benzene rings is 9. The van der Waals surface area contributed by atoms with Gasteiger partial charge in [-0.05, 0) is 109 Å². The highest BCUT2D eigenvalue weighted by molar-refractivity contribution is 5.97. The molecular formula is C52H37N. The molecule has 0 atom stereocenters. The molecule has 53 heavy (non-hydrogen) atoms. The van der Waals surface area contributed by atoms with Gasteiger partial charge in [0.1, 0.15) is 0 Å². The summed E-state index contributed by atoms with van der Waals surface area (Å²) in [6.45, 7) is 0. The van der Waals surface area contributed by atoms with E-state index in [1.54, 1.807) is 0 Å². The van der Waals surface area contributed by atoms with Crippen LogP contribution in [0.3, 0.4) is 0 Å². The number of anilines is 3. The summed E-state index contributed by atoms with van der Waals surface area (Å²) in [6, 6.07) is 80.7. The van der Waals surface area contributed by atoms with Crippen molar-refractivity contribution in [3.8, 4) is 55.6 Å². The summed E-state index contributed by atoms with van der Waals surface area (Å²) < 4.78 is 0. The van der Waals surface area contributed by atoms with E-state index in [4.69, 9.17) is 0 Å². The van der Waals surface area contributed by atoms with E-state index in [2.05, 4.69) is 229 Å². The maximum absolute atomic E-state index is 2.33. The molecule has 9 rings (SSSR count). The molecule has 0 saturated carbocycles. The summed E-state index contributed by atoms with van der Waals surface area (Å²) in [6.07, 6.45) is 0. The average molecular weight is 676 g/mol. The van der Waals surface area contributed by atoms with Crippen molar-refractivity contribution >= 4 is 27.8 Å². The zero-order valence-corrected chi connectivity index (χ0v) is 29.3. The molecule has 0 radical (unpaired) electrons. The minimum absolute atomic E-state index is 1.11. The normalized spacial score (nSPS) is 11.0. The highest BCUT2D eigenvalue weighted by Crippen LogP contribution is 2.39. The summed E-state index contributed by atoms with van der Waals surface area (Å²) in [5, 5.41) is 2.52. The fraction of sp³-hybridized carbons (Fsp3) is 0. The van der Waals surface area contributed by atoms with Gasteiger partial charge in [-0.1, -0.05) is 182 Å². The van der Waals surface area contributed by atoms with E-state index in [0.29, 0.717) is 0 Å². The smallest absolute Gasteiger partial charge is 0.0462 e. The Bertz CT molecular complexity index is 2600. The van der Waals surface area contributed by atoms with Crippen molar-refractivity contribution in [3.05, 3.63) is 224 Å². The molecule has 0 unspecified atom stereocenters. The van der Waals surface area contributed by atoms with Gasteiger partial charge in [0, 0.05) is 17.1 Å². The van der Waals surface area contributed by atoms with Crippen molar-refractivity contribution < 1.29 is 0 Å². The van der Waals surface area contributed by atoms with Crippen LogP contribution in [0.4, 0.5) is 17.1 Å². The zero-order chi connectivity index (χ0) is 35.4. The van der Waals surface area contributed by atoms with E-state index in [-0.39, 0.29) is 0 Å². The lowest BCUT2D eigenvalue weighted by Gasteiger charge is -2.26. The summed E-state index contributed by atoms with van der Waals surface area (Å²) >= 11 is 0. The van der Waals surface area contributed by atoms with Gasteiger partial charge in [-0.15, -0.1) is 0 Å². The molecule has 1 heteroatoms. The van der Waals surface area contributed by atoms with Gasteiger partial charge < -0.3 is 4.90 Å². The van der Waals surface area contributed by atoms with Crippen molar-refractivity contribution in [1.29, 1.82) is 0 Å². The first-order chi connectivity index (χ1) is 26.3. The monoisotopic (exact) mass is 675 g/mol. The Hall–Kier alpha value is -6.96. The highest BCUT2D eigenvalue weighted by atomic mass is 15.1. The number of rotatable bonds is 8. The molecular weight excluding hydrogens is 639 g/mol. The Labute approximate surface area is 311 Å². The van der Waals surface area contributed by atoms with Crippen LogP contribution in [0.15, 0.2) is 224 Å². The molecule has 0 spiro atoms. The molecule has 0 amide bonds. The number of hydrogen-bond acceptors (Lipinski definition) is 1. The summed E-state index contributed by atoms with van der Waals surface area (Å²) in [7, 11) is 0. The maximum Gasteiger partial charge on any atom is 0.0462 e. The predicted octanol–water partition coefficient (Wildman–Crippen LogP) is 14.6. The molecule has 9 aromatic rings. The van der Waals surface area contributed by atoms with Gasteiger partial charge in [0.2, 0.25) is 0 Å². The fourth-order valence-corrected chi connectivity index (χ4v) is 7.40. The first-order valence-corrected chi connectivity index (χ1v) is 18.2. The molecule has 9 aromatic carbocycles. The topological polar surface area (TPSA) is 3.24 Å². The number of hydrogen-bond donors (Lipinski definition) is 0. The quantitative estimate of drug-likeness (QED) is 0.155. The van der Waals surface area contributed by atoms with Gasteiger partial charge in [-0.3, -0.25) is 0 Å². The second-order valence-corrected chi connectivity index (χ2v) is 13.4. The fourth-order valence-electron chi connectivity index (χ4n) is 7.40. The van der Waals surface area contributed by atoms with Crippen LogP contribution in [0, 0.1) is 0 Å². The molecule has 0 N–H and O–H groups in total. The van der Waals surface area contributed by atoms with Gasteiger partial charge >= 0.3 is 0 Å². The molecule has 0 fully saturated rings. The Kier molecular flexibility index (Phi) is 8.66. The van der Waals surface area contributed by atoms with Crippen molar-refractivity contribution in [2.75, 3.05) is 4.90 Å². The molecule has 0 saturated heterocycles. The molecule has 0 aliphatic carbocycles. The van der Waals surface area contributed by atoms with Gasteiger partial charge in [-0.25, -0.2) is 0 Å². The molecule has 0 heterocycles. The maximum atomic E-state index is 2.33. The minimum atomic E-state index is 1.11. The number of para-hydroxylation sites is 1. The van der Waals surface area contributed by atoms with Crippen LogP contribution >= 0.6 is 0 Å². The van der Waals surface area contributed by atoms with Crippen LogP contribution in [0.2, 0.25) is 0 Å². The lowest BCUT2D eigenvalue weighted by Crippen LogP contribution is -2.09. The number of fused-ring (bicyclic) bond motifs is 1. The van der Waals surface area contributed by atoms with Crippen molar-refractivity contribution in [2.24, 2.45) is 0 Å². The third-order valence-electron chi connectivity index (χ3n) is 10.1. The molecule has 0 bridgehead atoms. The Balaban J connectivity index is 1.03. The van der Waals surface area contributed by atoms with Gasteiger partial charge in [0.25, 0.3) is 0 Å². The van der Waals surface area contributed by atoms with Crippen LogP contribution in [0.1, 0.15) is 0 Å². The molecule has 1 nitrogen and oxygen atoms in total. The van der Waals surface area contributed by atoms with Gasteiger partial charge in [-0.2, -0.15) is 0 Å². The second kappa shape index (κ2) is 14.3. The van der Waals surface area contributed by atoms with E-state index in [1.807, 2.05) is 0 Å². The number of nitrogens with zero attached hydrogens (tertiary/aromatic N) is 1. The standard InChI is InChI=1S/C52H37N/c1-4-13-38(14-5-1)45-31-36-51(41-15-6-2-7-16-41)52(37-45)44-25-23-39(24-26-44)40-27-32-47(33-28-40)53(46-19-8-3-9-20-46)48-34-29-43(30-35-48)50-22-12-18-42-17-10-11-21-49(42)50/h1-37H. The minimum Gasteiger partial charge on any atom is -0.311 e. The first kappa shape index (κ1) is 32.0. The van der Waals surface area contributed by atoms with Crippen LogP contribution < -0.4 is 4.90 Å². The molecule has 0 aromatic heterocycles. The molecule has 250 valence electrons. The van der Waals surface area contributed by atoms with Crippen LogP contribution in [-0.2, 0) is 0 Å². The van der Waals surface area contributed by atoms with Gasteiger partial charge in [0.15, 0.2) is 0 Å². The SMILES string of the molecule is c1ccc(-c2ccc(-c3ccccc3)c(-c3ccc(-c4ccc(N(c5ccccc5)c5ccc(-c6cccc7ccccc67)cc5)cc4)cc3)c2)cc1. The van der Waals surface area contributed by atoms with Crippen LogP contribution in [0.25, 0.3) is 66.4 Å². The summed E-state index contributed by atoms with van der Waals surface area (Å²) in [4.78, 5) is 2.32. The van der Waals surface area contributed by atoms with E-state index < -0.39 is 0 Å². The predicted molar refractivity (Wildman–Crippen MR) is 226 cm³/mol. The largest absolute Gasteiger partial charge is 0.311 e. The third-order valence-corrected chi connectivity index (χ3v) is 10.1. The Morgan fingerprint density at radius 2 is 0.642 bits per heavy atom. The Morgan fingerprint density at radius 3 is 1.30 bits per heavy atom. The lowest BCUT2D eigenvalue weighted by atomic mass is 9.90. The van der Waals surface area contributed by atoms with E-state index in [1.165, 1.54) is 66.4 Å². The molecule has 0 aliphatic rings. The summed E-state index contributed by atoms with van der Waals surface area (Å²) in [5.74, 6) is 0. The van der Waals surface area contributed by atoms with E-state index in [0.717, 1.165) is 17.1 Å². The first-order valence-electron chi connectivity index (χ1n) is 18.2. The van der Waals surface area contributed by atoms with Crippen molar-refractivity contribution in [2.45, 2.75) is 0 Å². The van der Waals surface area contributed by atoms with E-state index in [9.17, 15) is 0 Å². The lowest BCUT2D eigenvalue weighted by molar-refractivity contribution is 1.28. The summed E-state index contributed by atoms with van der Waals surface area (Å²) in [5.41, 5.74) is 15.5. The highest BCUT2D eigenvalue weighted by Gasteiger charge is 2.14. The van der Waals surface area contributed by atoms with E-state index >= 15 is 0 Å². The zero-order valence-electron chi connectivity index (χ0n) is 29.3. The molecule has 0 aliphatic heterocycles. The second-order valence-electron chi connectivity index (χ2n) is 13.4. The third kappa shape index (κ3) is 6.53. The van der Waals surface area contributed by atoms with Crippen molar-refractivity contribution in [1.82, 2.24) is 0 Å². The Morgan fingerprint density at radius 1 is 0.226 bits per heavy atom.